The van der Waals surface area contributed by atoms with Gasteiger partial charge < -0.3 is 4.90 Å². The summed E-state index contributed by atoms with van der Waals surface area (Å²) in [5, 5.41) is 2.22. The zero-order chi connectivity index (χ0) is 7.68. The lowest BCUT2D eigenvalue weighted by Crippen LogP contribution is -2.20. The second-order valence-electron chi connectivity index (χ2n) is 3.17. The fourth-order valence-electron chi connectivity index (χ4n) is 1.52. The van der Waals surface area contributed by atoms with E-state index in [-0.39, 0.29) is 0 Å². The smallest absolute Gasteiger partial charge is 0.00904 e. The van der Waals surface area contributed by atoms with E-state index in [1.165, 1.54) is 25.9 Å². The van der Waals surface area contributed by atoms with Gasteiger partial charge in [0, 0.05) is 18.0 Å². The highest BCUT2D eigenvalue weighted by atomic mass is 32.1. The van der Waals surface area contributed by atoms with Gasteiger partial charge in [-0.3, -0.25) is 0 Å². The van der Waals surface area contributed by atoms with Gasteiger partial charge in [-0.15, -0.1) is 11.3 Å². The standard InChI is InChI=1S/C9H13NS/c1-10-5-2-8-4-7-11-9(8)3-6-10/h4,7H,2-3,5-6H2,1H3. The molecule has 0 N–H and O–H groups in total. The highest BCUT2D eigenvalue weighted by Crippen LogP contribution is 2.20. The van der Waals surface area contributed by atoms with Crippen LogP contribution < -0.4 is 0 Å². The minimum absolute atomic E-state index is 1.23. The molecule has 11 heavy (non-hydrogen) atoms. The third kappa shape index (κ3) is 1.47. The maximum atomic E-state index is 2.41. The van der Waals surface area contributed by atoms with Gasteiger partial charge >= 0.3 is 0 Å². The van der Waals surface area contributed by atoms with E-state index in [9.17, 15) is 0 Å². The molecule has 0 aliphatic carbocycles. The SMILES string of the molecule is CN1CCc2ccsc2CC1. The molecule has 0 saturated carbocycles. The average Bonchev–Trinajstić information content (AvgIpc) is 2.38. The molecule has 1 aliphatic rings. The van der Waals surface area contributed by atoms with Crippen molar-refractivity contribution in [3.63, 3.8) is 0 Å². The Hall–Kier alpha value is -0.340. The molecule has 0 atom stereocenters. The van der Waals surface area contributed by atoms with Crippen molar-refractivity contribution in [2.45, 2.75) is 12.8 Å². The van der Waals surface area contributed by atoms with Crippen LogP contribution in [0.25, 0.3) is 0 Å². The van der Waals surface area contributed by atoms with Gasteiger partial charge in [-0.1, -0.05) is 0 Å². The van der Waals surface area contributed by atoms with Gasteiger partial charge in [0.2, 0.25) is 0 Å². The molecule has 1 nitrogen and oxygen atoms in total. The lowest BCUT2D eigenvalue weighted by atomic mass is 10.2. The third-order valence-electron chi connectivity index (χ3n) is 2.32. The van der Waals surface area contributed by atoms with E-state index in [1.54, 1.807) is 10.4 Å². The van der Waals surface area contributed by atoms with Crippen LogP contribution in [0.5, 0.6) is 0 Å². The number of fused-ring (bicyclic) bond motifs is 1. The van der Waals surface area contributed by atoms with Gasteiger partial charge in [0.05, 0.1) is 0 Å². The molecule has 2 heterocycles. The number of nitrogens with zero attached hydrogens (tertiary/aromatic N) is 1. The molecular formula is C9H13NS. The van der Waals surface area contributed by atoms with Crippen molar-refractivity contribution in [3.8, 4) is 0 Å². The summed E-state index contributed by atoms with van der Waals surface area (Å²) < 4.78 is 0. The van der Waals surface area contributed by atoms with Crippen LogP contribution in [-0.2, 0) is 12.8 Å². The van der Waals surface area contributed by atoms with E-state index < -0.39 is 0 Å². The Morgan fingerprint density at radius 3 is 3.09 bits per heavy atom. The van der Waals surface area contributed by atoms with Crippen LogP contribution in [-0.4, -0.2) is 25.0 Å². The predicted octanol–water partition coefficient (Wildman–Crippen LogP) is 1.78. The van der Waals surface area contributed by atoms with Crippen LogP contribution in [0.3, 0.4) is 0 Å². The van der Waals surface area contributed by atoms with Crippen LogP contribution >= 0.6 is 11.3 Å². The quantitative estimate of drug-likeness (QED) is 0.569. The van der Waals surface area contributed by atoms with Gasteiger partial charge in [0.15, 0.2) is 0 Å². The van der Waals surface area contributed by atoms with Crippen molar-refractivity contribution in [1.29, 1.82) is 0 Å². The van der Waals surface area contributed by atoms with Gasteiger partial charge in [0.25, 0.3) is 0 Å². The maximum Gasteiger partial charge on any atom is 0.00904 e. The molecule has 0 fully saturated rings. The Kier molecular flexibility index (Phi) is 1.96. The molecule has 1 aliphatic heterocycles. The molecule has 2 rings (SSSR count). The van der Waals surface area contributed by atoms with Crippen molar-refractivity contribution >= 4 is 11.3 Å². The highest BCUT2D eigenvalue weighted by Gasteiger charge is 2.10. The van der Waals surface area contributed by atoms with E-state index in [1.807, 2.05) is 11.3 Å². The zero-order valence-corrected chi connectivity index (χ0v) is 7.66. The molecule has 0 bridgehead atoms. The Bertz CT molecular complexity index is 219. The Morgan fingerprint density at radius 2 is 2.18 bits per heavy atom. The summed E-state index contributed by atoms with van der Waals surface area (Å²) in [6.45, 7) is 2.46. The first kappa shape index (κ1) is 7.32. The Morgan fingerprint density at radius 1 is 1.36 bits per heavy atom. The number of rotatable bonds is 0. The van der Waals surface area contributed by atoms with Gasteiger partial charge in [0.1, 0.15) is 0 Å². The minimum atomic E-state index is 1.23. The van der Waals surface area contributed by atoms with Crippen molar-refractivity contribution in [3.05, 3.63) is 21.9 Å². The molecule has 1 aromatic heterocycles. The lowest BCUT2D eigenvalue weighted by molar-refractivity contribution is 0.352. The Labute approximate surface area is 71.7 Å². The van der Waals surface area contributed by atoms with Crippen molar-refractivity contribution in [2.24, 2.45) is 0 Å². The average molecular weight is 167 g/mol. The number of thiophene rings is 1. The first-order chi connectivity index (χ1) is 5.36. The monoisotopic (exact) mass is 167 g/mol. The summed E-state index contributed by atoms with van der Waals surface area (Å²) in [4.78, 5) is 4.02. The molecular weight excluding hydrogens is 154 g/mol. The zero-order valence-electron chi connectivity index (χ0n) is 6.84. The fourth-order valence-corrected chi connectivity index (χ4v) is 2.45. The second kappa shape index (κ2) is 2.95. The highest BCUT2D eigenvalue weighted by molar-refractivity contribution is 7.10. The first-order valence-electron chi connectivity index (χ1n) is 4.10. The van der Waals surface area contributed by atoms with E-state index in [4.69, 9.17) is 0 Å². The topological polar surface area (TPSA) is 3.24 Å². The van der Waals surface area contributed by atoms with Crippen LogP contribution in [0.15, 0.2) is 11.4 Å². The predicted molar refractivity (Wildman–Crippen MR) is 49.2 cm³/mol. The molecule has 0 radical (unpaired) electrons. The summed E-state index contributed by atoms with van der Waals surface area (Å²) in [6, 6.07) is 2.28. The molecule has 0 aromatic carbocycles. The molecule has 0 amide bonds. The summed E-state index contributed by atoms with van der Waals surface area (Å²) >= 11 is 1.91. The van der Waals surface area contributed by atoms with E-state index >= 15 is 0 Å². The number of likely N-dealkylation sites (N-methyl/N-ethyl adjacent to an activating group) is 1. The molecule has 60 valence electrons. The van der Waals surface area contributed by atoms with Crippen LogP contribution in [0, 0.1) is 0 Å². The third-order valence-corrected chi connectivity index (χ3v) is 3.34. The lowest BCUT2D eigenvalue weighted by Gasteiger charge is -2.10. The first-order valence-corrected chi connectivity index (χ1v) is 4.98. The Balaban J connectivity index is 2.20. The summed E-state index contributed by atoms with van der Waals surface area (Å²) in [5.41, 5.74) is 1.58. The van der Waals surface area contributed by atoms with E-state index in [2.05, 4.69) is 23.4 Å². The normalized spacial score (nSPS) is 19.4. The van der Waals surface area contributed by atoms with Crippen LogP contribution in [0.2, 0.25) is 0 Å². The van der Waals surface area contributed by atoms with Crippen molar-refractivity contribution in [2.75, 3.05) is 20.1 Å². The maximum absolute atomic E-state index is 2.41. The van der Waals surface area contributed by atoms with Crippen LogP contribution in [0.4, 0.5) is 0 Å². The molecule has 1 aromatic rings. The summed E-state index contributed by atoms with van der Waals surface area (Å²) in [7, 11) is 2.20. The molecule has 0 unspecified atom stereocenters. The molecule has 0 spiro atoms. The summed E-state index contributed by atoms with van der Waals surface area (Å²) in [6.07, 6.45) is 2.50. The van der Waals surface area contributed by atoms with E-state index in [0.29, 0.717) is 0 Å². The molecule has 2 heteroatoms. The number of hydrogen-bond acceptors (Lipinski definition) is 2. The van der Waals surface area contributed by atoms with Crippen molar-refractivity contribution < 1.29 is 0 Å². The van der Waals surface area contributed by atoms with Crippen molar-refractivity contribution in [1.82, 2.24) is 4.90 Å². The second-order valence-corrected chi connectivity index (χ2v) is 4.17. The largest absolute Gasteiger partial charge is 0.306 e. The van der Waals surface area contributed by atoms with Gasteiger partial charge in [-0.25, -0.2) is 0 Å². The number of hydrogen-bond donors (Lipinski definition) is 0. The van der Waals surface area contributed by atoms with Crippen LogP contribution in [0.1, 0.15) is 10.4 Å². The minimum Gasteiger partial charge on any atom is -0.306 e. The fraction of sp³-hybridized carbons (Fsp3) is 0.556. The summed E-state index contributed by atoms with van der Waals surface area (Å²) in [5.74, 6) is 0. The van der Waals surface area contributed by atoms with E-state index in [0.717, 1.165) is 0 Å². The van der Waals surface area contributed by atoms with Gasteiger partial charge in [-0.2, -0.15) is 0 Å². The molecule has 0 saturated heterocycles. The van der Waals surface area contributed by atoms with Gasteiger partial charge in [-0.05, 0) is 36.9 Å².